The van der Waals surface area contributed by atoms with Crippen molar-refractivity contribution < 1.29 is 13.5 Å². The number of sulfonamides is 1. The fourth-order valence-corrected chi connectivity index (χ4v) is 4.30. The Labute approximate surface area is 124 Å². The van der Waals surface area contributed by atoms with Crippen molar-refractivity contribution in [1.82, 2.24) is 0 Å². The molecule has 0 aliphatic rings. The molecule has 19 heavy (non-hydrogen) atoms. The van der Waals surface area contributed by atoms with Crippen LogP contribution in [0.25, 0.3) is 0 Å². The molecule has 102 valence electrons. The van der Waals surface area contributed by atoms with Crippen LogP contribution in [-0.2, 0) is 10.0 Å². The van der Waals surface area contributed by atoms with Gasteiger partial charge in [0.2, 0.25) is 0 Å². The fraction of sp³-hybridized carbons (Fsp3) is 0.0909. The van der Waals surface area contributed by atoms with E-state index in [1.165, 1.54) is 24.3 Å². The number of aryl methyl sites for hydroxylation is 1. The van der Waals surface area contributed by atoms with Gasteiger partial charge in [-0.05, 0) is 30.7 Å². The lowest BCUT2D eigenvalue weighted by atomic mass is 10.3. The van der Waals surface area contributed by atoms with Crippen molar-refractivity contribution in [2.75, 3.05) is 4.72 Å². The lowest BCUT2D eigenvalue weighted by Crippen LogP contribution is -2.11. The number of benzene rings is 1. The van der Waals surface area contributed by atoms with Gasteiger partial charge in [-0.2, -0.15) is 0 Å². The van der Waals surface area contributed by atoms with E-state index in [0.29, 0.717) is 14.9 Å². The highest BCUT2D eigenvalue weighted by Gasteiger charge is 2.19. The second kappa shape index (κ2) is 5.20. The highest BCUT2D eigenvalue weighted by Crippen LogP contribution is 2.33. The van der Waals surface area contributed by atoms with Gasteiger partial charge in [0.1, 0.15) is 9.96 Å². The van der Waals surface area contributed by atoms with Crippen LogP contribution < -0.4 is 4.72 Å². The quantitative estimate of drug-likeness (QED) is 0.835. The molecule has 0 atom stereocenters. The molecule has 0 bridgehead atoms. The first-order valence-electron chi connectivity index (χ1n) is 5.07. The SMILES string of the molecule is Cc1cc(S(=O)(=O)Nc2ccc(Cl)cc2O)sc1Cl. The van der Waals surface area contributed by atoms with Gasteiger partial charge < -0.3 is 5.11 Å². The number of rotatable bonds is 3. The minimum Gasteiger partial charge on any atom is -0.506 e. The first-order valence-corrected chi connectivity index (χ1v) is 8.12. The van der Waals surface area contributed by atoms with Gasteiger partial charge >= 0.3 is 0 Å². The maximum Gasteiger partial charge on any atom is 0.271 e. The van der Waals surface area contributed by atoms with E-state index in [9.17, 15) is 13.5 Å². The zero-order chi connectivity index (χ0) is 14.2. The molecule has 0 aliphatic heterocycles. The van der Waals surface area contributed by atoms with Crippen LogP contribution in [0.1, 0.15) is 5.56 Å². The number of phenolic OH excluding ortho intramolecular Hbond substituents is 1. The van der Waals surface area contributed by atoms with E-state index in [-0.39, 0.29) is 15.6 Å². The van der Waals surface area contributed by atoms with Crippen molar-refractivity contribution in [3.05, 3.63) is 39.2 Å². The molecule has 0 spiro atoms. The van der Waals surface area contributed by atoms with Crippen LogP contribution in [0.5, 0.6) is 5.75 Å². The van der Waals surface area contributed by atoms with Gasteiger partial charge in [-0.3, -0.25) is 4.72 Å². The number of anilines is 1. The molecule has 0 saturated carbocycles. The maximum atomic E-state index is 12.1. The van der Waals surface area contributed by atoms with E-state index in [1.807, 2.05) is 0 Å². The molecule has 1 aromatic carbocycles. The molecule has 2 N–H and O–H groups in total. The van der Waals surface area contributed by atoms with Gasteiger partial charge in [0.15, 0.2) is 0 Å². The topological polar surface area (TPSA) is 66.4 Å². The van der Waals surface area contributed by atoms with Crippen LogP contribution in [0.15, 0.2) is 28.5 Å². The zero-order valence-corrected chi connectivity index (χ0v) is 12.8. The predicted octanol–water partition coefficient (Wildman–Crippen LogP) is 3.87. The summed E-state index contributed by atoms with van der Waals surface area (Å²) in [6.07, 6.45) is 0. The second-order valence-corrected chi connectivity index (χ2v) is 7.79. The summed E-state index contributed by atoms with van der Waals surface area (Å²) in [6.45, 7) is 1.72. The van der Waals surface area contributed by atoms with Crippen molar-refractivity contribution in [2.45, 2.75) is 11.1 Å². The Morgan fingerprint density at radius 2 is 1.95 bits per heavy atom. The van der Waals surface area contributed by atoms with Crippen LogP contribution in [-0.4, -0.2) is 13.5 Å². The molecule has 0 radical (unpaired) electrons. The number of nitrogens with one attached hydrogen (secondary N) is 1. The summed E-state index contributed by atoms with van der Waals surface area (Å²) in [5, 5.41) is 9.94. The largest absolute Gasteiger partial charge is 0.506 e. The number of hydrogen-bond acceptors (Lipinski definition) is 4. The first kappa shape index (κ1) is 14.5. The highest BCUT2D eigenvalue weighted by molar-refractivity contribution is 7.94. The Morgan fingerprint density at radius 1 is 1.26 bits per heavy atom. The summed E-state index contributed by atoms with van der Waals surface area (Å²) in [4.78, 5) is 0. The third kappa shape index (κ3) is 3.14. The molecule has 2 aromatic rings. The summed E-state index contributed by atoms with van der Waals surface area (Å²) in [5.74, 6) is -0.240. The summed E-state index contributed by atoms with van der Waals surface area (Å²) < 4.78 is 27.0. The van der Waals surface area contributed by atoms with Crippen LogP contribution >= 0.6 is 34.5 Å². The predicted molar refractivity (Wildman–Crippen MR) is 78.0 cm³/mol. The second-order valence-electron chi connectivity index (χ2n) is 3.79. The van der Waals surface area contributed by atoms with Crippen molar-refractivity contribution in [2.24, 2.45) is 0 Å². The summed E-state index contributed by atoms with van der Waals surface area (Å²) >= 11 is 12.5. The minimum atomic E-state index is -3.77. The summed E-state index contributed by atoms with van der Waals surface area (Å²) in [7, 11) is -3.77. The number of aromatic hydroxyl groups is 1. The number of thiophene rings is 1. The average Bonchev–Trinajstić information content (AvgIpc) is 2.64. The summed E-state index contributed by atoms with van der Waals surface area (Å²) in [6, 6.07) is 5.59. The molecule has 8 heteroatoms. The van der Waals surface area contributed by atoms with Crippen LogP contribution in [0, 0.1) is 6.92 Å². The van der Waals surface area contributed by atoms with Gasteiger partial charge in [-0.1, -0.05) is 23.2 Å². The monoisotopic (exact) mass is 337 g/mol. The Hall–Kier alpha value is -0.950. The Morgan fingerprint density at radius 3 is 2.47 bits per heavy atom. The van der Waals surface area contributed by atoms with Crippen molar-refractivity contribution >= 4 is 50.2 Å². The lowest BCUT2D eigenvalue weighted by molar-refractivity contribution is 0.477. The van der Waals surface area contributed by atoms with Crippen LogP contribution in [0.2, 0.25) is 9.36 Å². The molecule has 4 nitrogen and oxygen atoms in total. The molecule has 0 fully saturated rings. The van der Waals surface area contributed by atoms with Crippen molar-refractivity contribution in [3.63, 3.8) is 0 Å². The average molecular weight is 338 g/mol. The summed E-state index contributed by atoms with van der Waals surface area (Å²) in [5.41, 5.74) is 0.749. The molecule has 0 saturated heterocycles. The fourth-order valence-electron chi connectivity index (χ4n) is 1.35. The van der Waals surface area contributed by atoms with Gasteiger partial charge in [0.05, 0.1) is 10.0 Å². The van der Waals surface area contributed by atoms with Crippen molar-refractivity contribution in [3.8, 4) is 5.75 Å². The van der Waals surface area contributed by atoms with E-state index in [4.69, 9.17) is 23.2 Å². The number of halogens is 2. The highest BCUT2D eigenvalue weighted by atomic mass is 35.5. The number of hydrogen-bond donors (Lipinski definition) is 2. The maximum absolute atomic E-state index is 12.1. The molecule has 0 aliphatic carbocycles. The zero-order valence-electron chi connectivity index (χ0n) is 9.65. The van der Waals surface area contributed by atoms with E-state index in [0.717, 1.165) is 11.3 Å². The molecule has 2 rings (SSSR count). The van der Waals surface area contributed by atoms with Gasteiger partial charge in [-0.25, -0.2) is 8.42 Å². The third-order valence-corrected chi connectivity index (χ3v) is 5.93. The third-order valence-electron chi connectivity index (χ3n) is 2.30. The van der Waals surface area contributed by atoms with Crippen LogP contribution in [0.4, 0.5) is 5.69 Å². The Balaban J connectivity index is 2.36. The number of phenols is 1. The van der Waals surface area contributed by atoms with Gasteiger partial charge in [-0.15, -0.1) is 11.3 Å². The smallest absolute Gasteiger partial charge is 0.271 e. The molecule has 1 heterocycles. The van der Waals surface area contributed by atoms with E-state index in [1.54, 1.807) is 6.92 Å². The van der Waals surface area contributed by atoms with E-state index >= 15 is 0 Å². The Bertz CT molecular complexity index is 706. The van der Waals surface area contributed by atoms with Crippen molar-refractivity contribution in [1.29, 1.82) is 0 Å². The van der Waals surface area contributed by atoms with Crippen LogP contribution in [0.3, 0.4) is 0 Å². The van der Waals surface area contributed by atoms with E-state index < -0.39 is 10.0 Å². The molecular weight excluding hydrogens is 329 g/mol. The normalized spacial score (nSPS) is 11.5. The van der Waals surface area contributed by atoms with Gasteiger partial charge in [0.25, 0.3) is 10.0 Å². The minimum absolute atomic E-state index is 0.0616. The van der Waals surface area contributed by atoms with E-state index in [2.05, 4.69) is 4.72 Å². The first-order chi connectivity index (χ1) is 8.79. The molecule has 0 unspecified atom stereocenters. The molecule has 1 aromatic heterocycles. The molecule has 0 amide bonds. The molecular formula is C11H9Cl2NO3S2. The van der Waals surface area contributed by atoms with Gasteiger partial charge in [0, 0.05) is 11.1 Å². The lowest BCUT2D eigenvalue weighted by Gasteiger charge is -2.08. The standard InChI is InChI=1S/C11H9Cl2NO3S2/c1-6-4-10(18-11(6)13)19(16,17)14-8-3-2-7(12)5-9(8)15/h2-5,14-15H,1H3. The Kier molecular flexibility index (Phi) is 3.96.